The Bertz CT molecular complexity index is 911. The summed E-state index contributed by atoms with van der Waals surface area (Å²) >= 11 is 1.09. The van der Waals surface area contributed by atoms with E-state index in [0.717, 1.165) is 36.7 Å². The van der Waals surface area contributed by atoms with Crippen molar-refractivity contribution in [3.8, 4) is 0 Å². The number of sulfonamides is 1. The molecular weight excluding hydrogens is 396 g/mol. The molecule has 27 heavy (non-hydrogen) atoms. The molecule has 0 aliphatic carbocycles. The number of hydrogen-bond donors (Lipinski definition) is 1. The highest BCUT2D eigenvalue weighted by molar-refractivity contribution is 7.99. The normalized spacial score (nSPS) is 15.0. The largest absolute Gasteiger partial charge is 0.325 e. The molecule has 2 heterocycles. The van der Waals surface area contributed by atoms with Crippen molar-refractivity contribution in [3.05, 3.63) is 48.2 Å². The lowest BCUT2D eigenvalue weighted by Crippen LogP contribution is -2.27. The van der Waals surface area contributed by atoms with E-state index in [1.807, 2.05) is 0 Å². The predicted molar refractivity (Wildman–Crippen MR) is 97.9 cm³/mol. The van der Waals surface area contributed by atoms with Crippen molar-refractivity contribution in [2.24, 2.45) is 0 Å². The molecule has 0 spiro atoms. The Labute approximate surface area is 160 Å². The molecule has 0 radical (unpaired) electrons. The van der Waals surface area contributed by atoms with Gasteiger partial charge in [-0.3, -0.25) is 4.79 Å². The number of aromatic nitrogens is 1. The van der Waals surface area contributed by atoms with Crippen molar-refractivity contribution < 1.29 is 22.0 Å². The lowest BCUT2D eigenvalue weighted by Gasteiger charge is -2.15. The van der Waals surface area contributed by atoms with Gasteiger partial charge >= 0.3 is 0 Å². The van der Waals surface area contributed by atoms with Crippen LogP contribution in [-0.2, 0) is 14.8 Å². The number of rotatable bonds is 6. The number of anilines is 1. The topological polar surface area (TPSA) is 79.4 Å². The molecule has 2 aromatic rings. The van der Waals surface area contributed by atoms with Crippen molar-refractivity contribution in [2.45, 2.75) is 22.8 Å². The monoisotopic (exact) mass is 413 g/mol. The van der Waals surface area contributed by atoms with E-state index in [1.165, 1.54) is 22.6 Å². The maximum absolute atomic E-state index is 13.1. The molecule has 1 fully saturated rings. The summed E-state index contributed by atoms with van der Waals surface area (Å²) in [5.41, 5.74) is 0.0260. The summed E-state index contributed by atoms with van der Waals surface area (Å²) in [6, 6.07) is 5.74. The number of hydrogen-bond acceptors (Lipinski definition) is 5. The van der Waals surface area contributed by atoms with Crippen LogP contribution in [0.5, 0.6) is 0 Å². The van der Waals surface area contributed by atoms with Gasteiger partial charge in [-0.25, -0.2) is 22.2 Å². The summed E-state index contributed by atoms with van der Waals surface area (Å²) in [4.78, 5) is 16.1. The average Bonchev–Trinajstić information content (AvgIpc) is 3.15. The summed E-state index contributed by atoms with van der Waals surface area (Å²) in [5.74, 6) is -2.06. The van der Waals surface area contributed by atoms with E-state index in [2.05, 4.69) is 10.3 Å². The Kier molecular flexibility index (Phi) is 6.08. The van der Waals surface area contributed by atoms with E-state index in [-0.39, 0.29) is 16.3 Å². The van der Waals surface area contributed by atoms with Gasteiger partial charge in [0.25, 0.3) is 0 Å². The fourth-order valence-corrected chi connectivity index (χ4v) is 4.75. The van der Waals surface area contributed by atoms with Crippen LogP contribution in [-0.4, -0.2) is 42.5 Å². The minimum Gasteiger partial charge on any atom is -0.325 e. The minimum absolute atomic E-state index is 0.0260. The summed E-state index contributed by atoms with van der Waals surface area (Å²) < 4.78 is 52.5. The summed E-state index contributed by atoms with van der Waals surface area (Å²) in [7, 11) is -3.52. The van der Waals surface area contributed by atoms with Gasteiger partial charge in [-0.2, -0.15) is 4.31 Å². The van der Waals surface area contributed by atoms with Gasteiger partial charge in [-0.05, 0) is 37.1 Å². The number of amides is 1. The molecule has 1 aliphatic rings. The van der Waals surface area contributed by atoms with Gasteiger partial charge in [0.1, 0.15) is 16.5 Å². The fraction of sp³-hybridized carbons (Fsp3) is 0.294. The second-order valence-electron chi connectivity index (χ2n) is 5.94. The molecule has 1 saturated heterocycles. The Balaban J connectivity index is 1.57. The molecule has 144 valence electrons. The third-order valence-electron chi connectivity index (χ3n) is 3.91. The first-order valence-corrected chi connectivity index (χ1v) is 10.6. The summed E-state index contributed by atoms with van der Waals surface area (Å²) in [6.07, 6.45) is 2.98. The molecule has 6 nitrogen and oxygen atoms in total. The second kappa shape index (κ2) is 8.32. The second-order valence-corrected chi connectivity index (χ2v) is 8.87. The Morgan fingerprint density at radius 3 is 2.41 bits per heavy atom. The lowest BCUT2D eigenvalue weighted by molar-refractivity contribution is -0.113. The Morgan fingerprint density at radius 1 is 1.15 bits per heavy atom. The lowest BCUT2D eigenvalue weighted by atomic mass is 10.3. The van der Waals surface area contributed by atoms with Gasteiger partial charge in [-0.1, -0.05) is 11.8 Å². The first-order valence-electron chi connectivity index (χ1n) is 8.19. The van der Waals surface area contributed by atoms with Crippen molar-refractivity contribution in [1.82, 2.24) is 9.29 Å². The predicted octanol–water partition coefficient (Wildman–Crippen LogP) is 2.88. The highest BCUT2D eigenvalue weighted by atomic mass is 32.2. The first kappa shape index (κ1) is 19.7. The summed E-state index contributed by atoms with van der Waals surface area (Å²) in [6.45, 7) is 1.03. The number of benzene rings is 1. The highest BCUT2D eigenvalue weighted by Gasteiger charge is 2.27. The quantitative estimate of drug-likeness (QED) is 0.737. The standard InChI is InChI=1S/C17H17F2N3O3S2/c18-12-7-13(19)9-14(8-12)21-16(23)11-26-17-4-3-15(10-20-17)27(24,25)22-5-1-2-6-22/h3-4,7-10H,1-2,5-6,11H2,(H,21,23). The third kappa shape index (κ3) is 5.02. The number of nitrogens with zero attached hydrogens (tertiary/aromatic N) is 2. The zero-order chi connectivity index (χ0) is 19.4. The van der Waals surface area contributed by atoms with E-state index in [4.69, 9.17) is 0 Å². The van der Waals surface area contributed by atoms with E-state index in [1.54, 1.807) is 0 Å². The van der Waals surface area contributed by atoms with Crippen LogP contribution in [0.2, 0.25) is 0 Å². The molecule has 1 amide bonds. The molecule has 0 atom stereocenters. The smallest absolute Gasteiger partial charge is 0.244 e. The van der Waals surface area contributed by atoms with Crippen LogP contribution < -0.4 is 5.32 Å². The molecule has 0 bridgehead atoms. The Hall–Kier alpha value is -2.04. The zero-order valence-electron chi connectivity index (χ0n) is 14.2. The first-order chi connectivity index (χ1) is 12.8. The van der Waals surface area contributed by atoms with E-state index < -0.39 is 27.6 Å². The van der Waals surface area contributed by atoms with Gasteiger partial charge in [0.2, 0.25) is 15.9 Å². The van der Waals surface area contributed by atoms with Gasteiger partial charge in [-0.15, -0.1) is 0 Å². The number of nitrogens with one attached hydrogen (secondary N) is 1. The number of thioether (sulfide) groups is 1. The summed E-state index contributed by atoms with van der Waals surface area (Å²) in [5, 5.41) is 2.86. The van der Waals surface area contributed by atoms with Crippen molar-refractivity contribution in [1.29, 1.82) is 0 Å². The van der Waals surface area contributed by atoms with Gasteiger partial charge in [0, 0.05) is 31.0 Å². The molecule has 1 N–H and O–H groups in total. The number of halogens is 2. The van der Waals surface area contributed by atoms with E-state index in [0.29, 0.717) is 24.2 Å². The van der Waals surface area contributed by atoms with Gasteiger partial charge in [0.15, 0.2) is 0 Å². The highest BCUT2D eigenvalue weighted by Crippen LogP contribution is 2.23. The molecular formula is C17H17F2N3O3S2. The molecule has 0 saturated carbocycles. The minimum atomic E-state index is -3.52. The van der Waals surface area contributed by atoms with Crippen LogP contribution >= 0.6 is 11.8 Å². The average molecular weight is 413 g/mol. The van der Waals surface area contributed by atoms with E-state index in [9.17, 15) is 22.0 Å². The maximum atomic E-state index is 13.1. The Morgan fingerprint density at radius 2 is 1.81 bits per heavy atom. The molecule has 1 aromatic carbocycles. The van der Waals surface area contributed by atoms with Crippen molar-refractivity contribution >= 4 is 33.4 Å². The van der Waals surface area contributed by atoms with Crippen LogP contribution in [0.4, 0.5) is 14.5 Å². The molecule has 0 unspecified atom stereocenters. The van der Waals surface area contributed by atoms with E-state index >= 15 is 0 Å². The van der Waals surface area contributed by atoms with Crippen molar-refractivity contribution in [3.63, 3.8) is 0 Å². The fourth-order valence-electron chi connectivity index (χ4n) is 2.64. The maximum Gasteiger partial charge on any atom is 0.244 e. The molecule has 3 rings (SSSR count). The van der Waals surface area contributed by atoms with Crippen LogP contribution in [0.25, 0.3) is 0 Å². The zero-order valence-corrected chi connectivity index (χ0v) is 15.8. The van der Waals surface area contributed by atoms with Crippen LogP contribution in [0.1, 0.15) is 12.8 Å². The van der Waals surface area contributed by atoms with Gasteiger partial charge in [0.05, 0.1) is 10.8 Å². The number of carbonyl (C=O) groups is 1. The molecule has 1 aromatic heterocycles. The van der Waals surface area contributed by atoms with Crippen molar-refractivity contribution in [2.75, 3.05) is 24.2 Å². The SMILES string of the molecule is O=C(CSc1ccc(S(=O)(=O)N2CCCC2)cn1)Nc1cc(F)cc(F)c1. The third-order valence-corrected chi connectivity index (χ3v) is 6.74. The molecule has 10 heteroatoms. The van der Waals surface area contributed by atoms with Crippen LogP contribution in [0.15, 0.2) is 46.5 Å². The van der Waals surface area contributed by atoms with Crippen LogP contribution in [0.3, 0.4) is 0 Å². The molecule has 1 aliphatic heterocycles. The van der Waals surface area contributed by atoms with Crippen LogP contribution in [0, 0.1) is 11.6 Å². The number of pyridine rings is 1. The number of carbonyl (C=O) groups excluding carboxylic acids is 1. The van der Waals surface area contributed by atoms with Gasteiger partial charge < -0.3 is 5.32 Å².